The van der Waals surface area contributed by atoms with E-state index in [2.05, 4.69) is 29.4 Å². The Balaban J connectivity index is 2.65. The molecule has 1 heterocycles. The van der Waals surface area contributed by atoms with E-state index in [1.165, 1.54) is 0 Å². The number of aryl methyl sites for hydroxylation is 1. The molecule has 13 heavy (non-hydrogen) atoms. The Morgan fingerprint density at radius 2 is 2.15 bits per heavy atom. The van der Waals surface area contributed by atoms with Gasteiger partial charge < -0.3 is 9.88 Å². The van der Waals surface area contributed by atoms with E-state index in [1.807, 2.05) is 18.5 Å². The molecule has 0 amide bonds. The highest BCUT2D eigenvalue weighted by molar-refractivity contribution is 4.99. The maximum atomic E-state index is 4.14. The Bertz CT molecular complexity index is 267. The molecule has 0 aliphatic carbocycles. The monoisotopic (exact) mass is 182 g/mol. The van der Waals surface area contributed by atoms with Crippen molar-refractivity contribution in [2.24, 2.45) is 7.05 Å². The van der Waals surface area contributed by atoms with Crippen molar-refractivity contribution in [2.75, 3.05) is 13.1 Å². The van der Waals surface area contributed by atoms with Crippen LogP contribution in [0.15, 0.2) is 0 Å². The molecule has 4 nitrogen and oxygen atoms in total. The van der Waals surface area contributed by atoms with E-state index < -0.39 is 0 Å². The minimum Gasteiger partial charge on any atom is -0.318 e. The van der Waals surface area contributed by atoms with Gasteiger partial charge >= 0.3 is 0 Å². The number of nitrogens with zero attached hydrogens (tertiary/aromatic N) is 3. The molecule has 0 aromatic carbocycles. The Kier molecular flexibility index (Phi) is 3.42. The smallest absolute Gasteiger partial charge is 0.136 e. The van der Waals surface area contributed by atoms with Crippen LogP contribution in [0.2, 0.25) is 0 Å². The number of nitrogens with one attached hydrogen (secondary N) is 1. The summed E-state index contributed by atoms with van der Waals surface area (Å²) in [6, 6.07) is 0. The average Bonchev–Trinajstić information content (AvgIpc) is 2.44. The molecule has 0 aliphatic heterocycles. The summed E-state index contributed by atoms with van der Waals surface area (Å²) < 4.78 is 2.04. The minimum absolute atomic E-state index is 0.422. The van der Waals surface area contributed by atoms with Crippen molar-refractivity contribution < 1.29 is 0 Å². The third kappa shape index (κ3) is 2.28. The van der Waals surface area contributed by atoms with Gasteiger partial charge in [-0.05, 0) is 13.5 Å². The lowest BCUT2D eigenvalue weighted by Gasteiger charge is -2.10. The van der Waals surface area contributed by atoms with E-state index in [9.17, 15) is 0 Å². The zero-order valence-corrected chi connectivity index (χ0v) is 8.83. The van der Waals surface area contributed by atoms with Gasteiger partial charge in [0.15, 0.2) is 0 Å². The van der Waals surface area contributed by atoms with Crippen molar-refractivity contribution in [1.29, 1.82) is 0 Å². The third-order valence-electron chi connectivity index (χ3n) is 2.27. The fraction of sp³-hybridized carbons (Fsp3) is 0.778. The average molecular weight is 182 g/mol. The molecule has 0 saturated carbocycles. The number of hydrogen-bond acceptors (Lipinski definition) is 3. The first-order valence-electron chi connectivity index (χ1n) is 4.73. The molecule has 0 aliphatic rings. The van der Waals surface area contributed by atoms with Gasteiger partial charge in [0, 0.05) is 19.5 Å². The molecule has 1 aromatic heterocycles. The fourth-order valence-electron chi connectivity index (χ4n) is 1.30. The Morgan fingerprint density at radius 3 is 2.62 bits per heavy atom. The van der Waals surface area contributed by atoms with Crippen molar-refractivity contribution in [1.82, 2.24) is 20.1 Å². The van der Waals surface area contributed by atoms with Crippen molar-refractivity contribution in [3.8, 4) is 0 Å². The third-order valence-corrected chi connectivity index (χ3v) is 2.27. The molecule has 0 saturated heterocycles. The Morgan fingerprint density at radius 1 is 1.46 bits per heavy atom. The van der Waals surface area contributed by atoms with E-state index in [-0.39, 0.29) is 0 Å². The lowest BCUT2D eigenvalue weighted by Crippen LogP contribution is -2.21. The zero-order valence-electron chi connectivity index (χ0n) is 8.83. The first-order valence-corrected chi connectivity index (χ1v) is 4.73. The van der Waals surface area contributed by atoms with Gasteiger partial charge in [-0.15, -0.1) is 10.2 Å². The van der Waals surface area contributed by atoms with Crippen LogP contribution in [-0.2, 0) is 7.05 Å². The molecule has 1 aromatic rings. The molecule has 1 N–H and O–H groups in total. The largest absolute Gasteiger partial charge is 0.318 e. The highest BCUT2D eigenvalue weighted by Crippen LogP contribution is 2.10. The molecule has 0 radical (unpaired) electrons. The topological polar surface area (TPSA) is 42.7 Å². The summed E-state index contributed by atoms with van der Waals surface area (Å²) in [6.07, 6.45) is 0. The Labute approximate surface area is 79.4 Å². The second-order valence-electron chi connectivity index (χ2n) is 3.37. The van der Waals surface area contributed by atoms with Crippen LogP contribution in [0.4, 0.5) is 0 Å². The van der Waals surface area contributed by atoms with Crippen molar-refractivity contribution in [3.05, 3.63) is 11.6 Å². The lowest BCUT2D eigenvalue weighted by atomic mass is 10.1. The van der Waals surface area contributed by atoms with Gasteiger partial charge in [-0.25, -0.2) is 0 Å². The highest BCUT2D eigenvalue weighted by atomic mass is 15.3. The second kappa shape index (κ2) is 4.37. The van der Waals surface area contributed by atoms with Crippen LogP contribution in [0.25, 0.3) is 0 Å². The van der Waals surface area contributed by atoms with Gasteiger partial charge in [-0.2, -0.15) is 0 Å². The first kappa shape index (κ1) is 10.2. The molecule has 0 fully saturated rings. The van der Waals surface area contributed by atoms with E-state index in [4.69, 9.17) is 0 Å². The van der Waals surface area contributed by atoms with Crippen LogP contribution in [0.3, 0.4) is 0 Å². The SMILES string of the molecule is CCNCC(C)c1nnc(C)n1C. The van der Waals surface area contributed by atoms with E-state index in [0.29, 0.717) is 5.92 Å². The maximum absolute atomic E-state index is 4.14. The van der Waals surface area contributed by atoms with Crippen LogP contribution in [-0.4, -0.2) is 27.9 Å². The van der Waals surface area contributed by atoms with Crippen LogP contribution in [0.1, 0.15) is 31.4 Å². The molecule has 74 valence electrons. The van der Waals surface area contributed by atoms with E-state index in [0.717, 1.165) is 24.7 Å². The molecular weight excluding hydrogens is 164 g/mol. The van der Waals surface area contributed by atoms with Crippen LogP contribution >= 0.6 is 0 Å². The fourth-order valence-corrected chi connectivity index (χ4v) is 1.30. The van der Waals surface area contributed by atoms with Gasteiger partial charge in [-0.1, -0.05) is 13.8 Å². The standard InChI is InChI=1S/C9H18N4/c1-5-10-6-7(2)9-12-11-8(3)13(9)4/h7,10H,5-6H2,1-4H3. The summed E-state index contributed by atoms with van der Waals surface area (Å²) in [5, 5.41) is 11.5. The number of likely N-dealkylation sites (N-methyl/N-ethyl adjacent to an activating group) is 1. The number of aromatic nitrogens is 3. The molecule has 1 atom stereocenters. The minimum atomic E-state index is 0.422. The van der Waals surface area contributed by atoms with Gasteiger partial charge in [0.05, 0.1) is 0 Å². The number of hydrogen-bond donors (Lipinski definition) is 1. The van der Waals surface area contributed by atoms with E-state index >= 15 is 0 Å². The summed E-state index contributed by atoms with van der Waals surface area (Å²) in [5.74, 6) is 2.45. The van der Waals surface area contributed by atoms with Gasteiger partial charge in [0.1, 0.15) is 11.6 Å². The van der Waals surface area contributed by atoms with Crippen molar-refractivity contribution in [2.45, 2.75) is 26.7 Å². The molecule has 1 rings (SSSR count). The summed E-state index contributed by atoms with van der Waals surface area (Å²) in [6.45, 7) is 8.20. The second-order valence-corrected chi connectivity index (χ2v) is 3.37. The molecule has 4 heteroatoms. The van der Waals surface area contributed by atoms with Crippen molar-refractivity contribution >= 4 is 0 Å². The van der Waals surface area contributed by atoms with Crippen LogP contribution in [0, 0.1) is 6.92 Å². The summed E-state index contributed by atoms with van der Waals surface area (Å²) in [7, 11) is 2.01. The summed E-state index contributed by atoms with van der Waals surface area (Å²) in [4.78, 5) is 0. The Hall–Kier alpha value is -0.900. The number of rotatable bonds is 4. The molecule has 1 unspecified atom stereocenters. The molecule has 0 spiro atoms. The molecular formula is C9H18N4. The lowest BCUT2D eigenvalue weighted by molar-refractivity contribution is 0.586. The maximum Gasteiger partial charge on any atom is 0.136 e. The predicted octanol–water partition coefficient (Wildman–Crippen LogP) is 0.837. The molecule has 0 bridgehead atoms. The van der Waals surface area contributed by atoms with Crippen LogP contribution in [0.5, 0.6) is 0 Å². The first-order chi connectivity index (χ1) is 6.16. The van der Waals surface area contributed by atoms with Gasteiger partial charge in [-0.3, -0.25) is 0 Å². The van der Waals surface area contributed by atoms with Gasteiger partial charge in [0.25, 0.3) is 0 Å². The zero-order chi connectivity index (χ0) is 9.84. The van der Waals surface area contributed by atoms with E-state index in [1.54, 1.807) is 0 Å². The van der Waals surface area contributed by atoms with Gasteiger partial charge in [0.2, 0.25) is 0 Å². The predicted molar refractivity (Wildman–Crippen MR) is 52.7 cm³/mol. The van der Waals surface area contributed by atoms with Crippen molar-refractivity contribution in [3.63, 3.8) is 0 Å². The normalized spacial score (nSPS) is 13.2. The highest BCUT2D eigenvalue weighted by Gasteiger charge is 2.12. The quantitative estimate of drug-likeness (QED) is 0.750. The van der Waals surface area contributed by atoms with Crippen LogP contribution < -0.4 is 5.32 Å². The summed E-state index contributed by atoms with van der Waals surface area (Å²) >= 11 is 0. The summed E-state index contributed by atoms with van der Waals surface area (Å²) in [5.41, 5.74) is 0.